The van der Waals surface area contributed by atoms with E-state index in [1.807, 2.05) is 56.3 Å². The lowest BCUT2D eigenvalue weighted by molar-refractivity contribution is -0.118. The second kappa shape index (κ2) is 6.74. The number of hydrogen-bond acceptors (Lipinski definition) is 2. The molecule has 0 saturated heterocycles. The van der Waals surface area contributed by atoms with Crippen LogP contribution in [0.2, 0.25) is 0 Å². The van der Waals surface area contributed by atoms with Gasteiger partial charge in [0.2, 0.25) is 5.91 Å². The Bertz CT molecular complexity index is 786. The van der Waals surface area contributed by atoms with Crippen LogP contribution in [0.25, 0.3) is 0 Å². The maximum absolute atomic E-state index is 12.1. The number of aryl methyl sites for hydroxylation is 2. The molecule has 5 nitrogen and oxygen atoms in total. The molecule has 0 saturated carbocycles. The number of carbonyl (C=O) groups is 2. The minimum Gasteiger partial charge on any atom is -0.312 e. The van der Waals surface area contributed by atoms with Gasteiger partial charge in [-0.3, -0.25) is 4.79 Å². The zero-order chi connectivity index (χ0) is 17.1. The fraction of sp³-hybridized carbons (Fsp3) is 0.263. The smallest absolute Gasteiger partial charge is 0.312 e. The van der Waals surface area contributed by atoms with Gasteiger partial charge in [-0.1, -0.05) is 12.1 Å². The summed E-state index contributed by atoms with van der Waals surface area (Å²) in [5.74, 6) is 0.155. The predicted octanol–water partition coefficient (Wildman–Crippen LogP) is 3.94. The van der Waals surface area contributed by atoms with Gasteiger partial charge in [-0.25, -0.2) is 4.79 Å². The first kappa shape index (κ1) is 16.1. The van der Waals surface area contributed by atoms with Crippen molar-refractivity contribution in [3.8, 4) is 0 Å². The third-order valence-corrected chi connectivity index (χ3v) is 4.13. The average molecular weight is 323 g/mol. The molecule has 1 heterocycles. The predicted molar refractivity (Wildman–Crippen MR) is 96.6 cm³/mol. The zero-order valence-electron chi connectivity index (χ0n) is 13.9. The van der Waals surface area contributed by atoms with E-state index in [0.717, 1.165) is 28.2 Å². The molecular formula is C19H21N3O2. The van der Waals surface area contributed by atoms with Crippen LogP contribution in [0.1, 0.15) is 24.5 Å². The molecule has 3 rings (SSSR count). The molecule has 1 aliphatic rings. The number of benzene rings is 2. The molecule has 0 spiro atoms. The summed E-state index contributed by atoms with van der Waals surface area (Å²) >= 11 is 0. The summed E-state index contributed by atoms with van der Waals surface area (Å²) in [6.45, 7) is 4.61. The normalized spacial score (nSPS) is 13.4. The quantitative estimate of drug-likeness (QED) is 0.899. The van der Waals surface area contributed by atoms with Crippen molar-refractivity contribution in [3.63, 3.8) is 0 Å². The highest BCUT2D eigenvalue weighted by Gasteiger charge is 2.22. The Morgan fingerprint density at radius 2 is 1.83 bits per heavy atom. The van der Waals surface area contributed by atoms with Crippen LogP contribution in [0, 0.1) is 6.92 Å². The molecule has 5 heteroatoms. The standard InChI is InChI=1S/C19H21N3O2/c1-3-22-17-9-8-16(12-14(17)7-10-18(22)23)21-19(24)20-15-6-4-5-13(2)11-15/h4-6,8-9,11-12H,3,7,10H2,1-2H3,(H2,20,21,24). The van der Waals surface area contributed by atoms with Gasteiger partial charge in [0.15, 0.2) is 0 Å². The third-order valence-electron chi connectivity index (χ3n) is 4.13. The van der Waals surface area contributed by atoms with Crippen LogP contribution in [-0.4, -0.2) is 18.5 Å². The van der Waals surface area contributed by atoms with E-state index in [1.54, 1.807) is 4.90 Å². The van der Waals surface area contributed by atoms with Gasteiger partial charge in [-0.15, -0.1) is 0 Å². The van der Waals surface area contributed by atoms with Crippen molar-refractivity contribution >= 4 is 29.0 Å². The van der Waals surface area contributed by atoms with Crippen molar-refractivity contribution in [3.05, 3.63) is 53.6 Å². The molecule has 124 valence electrons. The molecule has 0 atom stereocenters. The van der Waals surface area contributed by atoms with Gasteiger partial charge in [-0.2, -0.15) is 0 Å². The first-order chi connectivity index (χ1) is 11.6. The Balaban J connectivity index is 1.72. The number of fused-ring (bicyclic) bond motifs is 1. The number of hydrogen-bond donors (Lipinski definition) is 2. The first-order valence-corrected chi connectivity index (χ1v) is 8.15. The highest BCUT2D eigenvalue weighted by atomic mass is 16.2. The van der Waals surface area contributed by atoms with Gasteiger partial charge < -0.3 is 15.5 Å². The average Bonchev–Trinajstić information content (AvgIpc) is 2.55. The van der Waals surface area contributed by atoms with E-state index >= 15 is 0 Å². The van der Waals surface area contributed by atoms with Crippen LogP contribution in [-0.2, 0) is 11.2 Å². The number of anilines is 3. The summed E-state index contributed by atoms with van der Waals surface area (Å²) in [5.41, 5.74) is 4.60. The maximum Gasteiger partial charge on any atom is 0.323 e. The Kier molecular flexibility index (Phi) is 4.51. The SMILES string of the molecule is CCN1C(=O)CCc2cc(NC(=O)Nc3cccc(C)c3)ccc21. The van der Waals surface area contributed by atoms with Crippen molar-refractivity contribution in [1.82, 2.24) is 0 Å². The van der Waals surface area contributed by atoms with Crippen molar-refractivity contribution in [2.24, 2.45) is 0 Å². The highest BCUT2D eigenvalue weighted by molar-refractivity contribution is 6.01. The summed E-state index contributed by atoms with van der Waals surface area (Å²) in [6, 6.07) is 13.0. The molecule has 2 aromatic rings. The minimum atomic E-state index is -0.278. The lowest BCUT2D eigenvalue weighted by atomic mass is 10.0. The first-order valence-electron chi connectivity index (χ1n) is 8.15. The fourth-order valence-electron chi connectivity index (χ4n) is 3.00. The Morgan fingerprint density at radius 1 is 1.08 bits per heavy atom. The van der Waals surface area contributed by atoms with E-state index < -0.39 is 0 Å². The largest absolute Gasteiger partial charge is 0.323 e. The molecule has 24 heavy (non-hydrogen) atoms. The molecule has 2 N–H and O–H groups in total. The second-order valence-electron chi connectivity index (χ2n) is 5.93. The Morgan fingerprint density at radius 3 is 2.54 bits per heavy atom. The minimum absolute atomic E-state index is 0.155. The number of carbonyl (C=O) groups excluding carboxylic acids is 2. The van der Waals surface area contributed by atoms with Crippen molar-refractivity contribution in [2.75, 3.05) is 22.1 Å². The van der Waals surface area contributed by atoms with E-state index in [0.29, 0.717) is 19.4 Å². The van der Waals surface area contributed by atoms with E-state index in [1.165, 1.54) is 0 Å². The molecule has 0 unspecified atom stereocenters. The molecule has 0 aromatic heterocycles. The molecule has 1 aliphatic heterocycles. The lowest BCUT2D eigenvalue weighted by Crippen LogP contribution is -2.34. The van der Waals surface area contributed by atoms with Gasteiger partial charge in [0.05, 0.1) is 0 Å². The summed E-state index contributed by atoms with van der Waals surface area (Å²) in [6.07, 6.45) is 1.22. The number of nitrogens with one attached hydrogen (secondary N) is 2. The molecular weight excluding hydrogens is 302 g/mol. The van der Waals surface area contributed by atoms with Crippen molar-refractivity contribution in [2.45, 2.75) is 26.7 Å². The summed E-state index contributed by atoms with van der Waals surface area (Å²) in [7, 11) is 0. The molecule has 0 fully saturated rings. The summed E-state index contributed by atoms with van der Waals surface area (Å²) in [5, 5.41) is 5.67. The Labute approximate surface area is 141 Å². The van der Waals surface area contributed by atoms with E-state index in [-0.39, 0.29) is 11.9 Å². The number of urea groups is 1. The van der Waals surface area contributed by atoms with Crippen LogP contribution in [0.5, 0.6) is 0 Å². The molecule has 0 aliphatic carbocycles. The maximum atomic E-state index is 12.1. The second-order valence-corrected chi connectivity index (χ2v) is 5.93. The fourth-order valence-corrected chi connectivity index (χ4v) is 3.00. The molecule has 3 amide bonds. The van der Waals surface area contributed by atoms with Gasteiger partial charge in [-0.05, 0) is 61.7 Å². The number of amides is 3. The van der Waals surface area contributed by atoms with E-state index in [2.05, 4.69) is 10.6 Å². The van der Waals surface area contributed by atoms with Crippen LogP contribution in [0.4, 0.5) is 21.9 Å². The molecule has 2 aromatic carbocycles. The van der Waals surface area contributed by atoms with Crippen molar-refractivity contribution < 1.29 is 9.59 Å². The topological polar surface area (TPSA) is 61.4 Å². The molecule has 0 bridgehead atoms. The number of rotatable bonds is 3. The summed E-state index contributed by atoms with van der Waals surface area (Å²) in [4.78, 5) is 25.9. The van der Waals surface area contributed by atoms with Crippen LogP contribution in [0.15, 0.2) is 42.5 Å². The summed E-state index contributed by atoms with van der Waals surface area (Å²) < 4.78 is 0. The van der Waals surface area contributed by atoms with Gasteiger partial charge in [0, 0.05) is 30.0 Å². The van der Waals surface area contributed by atoms with Crippen LogP contribution >= 0.6 is 0 Å². The van der Waals surface area contributed by atoms with Crippen LogP contribution < -0.4 is 15.5 Å². The van der Waals surface area contributed by atoms with Gasteiger partial charge in [0.25, 0.3) is 0 Å². The highest BCUT2D eigenvalue weighted by Crippen LogP contribution is 2.30. The third kappa shape index (κ3) is 3.40. The Hall–Kier alpha value is -2.82. The van der Waals surface area contributed by atoms with Crippen LogP contribution in [0.3, 0.4) is 0 Å². The monoisotopic (exact) mass is 323 g/mol. The van der Waals surface area contributed by atoms with Gasteiger partial charge in [0.1, 0.15) is 0 Å². The van der Waals surface area contributed by atoms with Gasteiger partial charge >= 0.3 is 6.03 Å². The number of nitrogens with zero attached hydrogens (tertiary/aromatic N) is 1. The zero-order valence-corrected chi connectivity index (χ0v) is 13.9. The lowest BCUT2D eigenvalue weighted by Gasteiger charge is -2.28. The molecule has 0 radical (unpaired) electrons. The van der Waals surface area contributed by atoms with E-state index in [4.69, 9.17) is 0 Å². The van der Waals surface area contributed by atoms with E-state index in [9.17, 15) is 9.59 Å². The van der Waals surface area contributed by atoms with Crippen molar-refractivity contribution in [1.29, 1.82) is 0 Å².